The van der Waals surface area contributed by atoms with E-state index in [1.807, 2.05) is 0 Å². The molecule has 0 fully saturated rings. The minimum atomic E-state index is -3.88. The first-order valence-corrected chi connectivity index (χ1v) is 10.6. The Hall–Kier alpha value is -3.86. The average molecular weight is 443 g/mol. The summed E-state index contributed by atoms with van der Waals surface area (Å²) in [5.41, 5.74) is 0.269. The van der Waals surface area contributed by atoms with Crippen molar-refractivity contribution in [3.8, 4) is 17.4 Å². The molecule has 0 aliphatic rings. The van der Waals surface area contributed by atoms with Crippen LogP contribution < -0.4 is 9.46 Å². The Bertz CT molecular complexity index is 1280. The van der Waals surface area contributed by atoms with Gasteiger partial charge in [-0.3, -0.25) is 4.72 Å². The molecule has 8 nitrogen and oxygen atoms in total. The van der Waals surface area contributed by atoms with Crippen molar-refractivity contribution in [1.82, 2.24) is 19.7 Å². The topological polar surface area (TPSA) is 99.0 Å². The molecule has 0 spiro atoms. The highest BCUT2D eigenvalue weighted by Gasteiger charge is 2.14. The van der Waals surface area contributed by atoms with Gasteiger partial charge in [-0.15, -0.1) is 0 Å². The zero-order valence-corrected chi connectivity index (χ0v) is 16.6. The van der Waals surface area contributed by atoms with Gasteiger partial charge in [-0.2, -0.15) is 5.10 Å². The normalized spacial score (nSPS) is 11.3. The van der Waals surface area contributed by atoms with Gasteiger partial charge in [0.2, 0.25) is 15.9 Å². The van der Waals surface area contributed by atoms with Crippen LogP contribution in [0.4, 0.5) is 14.5 Å². The van der Waals surface area contributed by atoms with E-state index in [1.54, 1.807) is 41.3 Å². The van der Waals surface area contributed by atoms with Crippen LogP contribution in [0.3, 0.4) is 0 Å². The lowest BCUT2D eigenvalue weighted by atomic mass is 10.2. The third-order valence-electron chi connectivity index (χ3n) is 4.00. The summed E-state index contributed by atoms with van der Waals surface area (Å²) in [5, 5.41) is 4.08. The summed E-state index contributed by atoms with van der Waals surface area (Å²) in [6, 6.07) is 12.1. The van der Waals surface area contributed by atoms with Crippen LogP contribution in [0.15, 0.2) is 73.3 Å². The predicted octanol–water partition coefficient (Wildman–Crippen LogP) is 3.67. The van der Waals surface area contributed by atoms with Crippen LogP contribution in [0.2, 0.25) is 0 Å². The number of sulfonamides is 1. The standard InChI is InChI=1S/C20H15F2N5O3S/c21-15-8-14(9-16(22)10-15)12-31(28,29)26-17-2-4-18(5-3-17)30-20-11-19(23-13-24-20)27-7-1-6-25-27/h1-11,13,26H,12H2. The number of hydrogen-bond acceptors (Lipinski definition) is 6. The molecule has 2 aromatic heterocycles. The summed E-state index contributed by atoms with van der Waals surface area (Å²) < 4.78 is 60.7. The van der Waals surface area contributed by atoms with Crippen LogP contribution >= 0.6 is 0 Å². The largest absolute Gasteiger partial charge is 0.439 e. The first kappa shape index (κ1) is 20.4. The Kier molecular flexibility index (Phi) is 5.58. The van der Waals surface area contributed by atoms with Gasteiger partial charge in [0.1, 0.15) is 23.7 Å². The number of anilines is 1. The molecule has 0 aliphatic heterocycles. The Labute approximate surface area is 176 Å². The summed E-state index contributed by atoms with van der Waals surface area (Å²) in [5.74, 6) is -1.04. The number of rotatable bonds is 7. The summed E-state index contributed by atoms with van der Waals surface area (Å²) in [7, 11) is -3.88. The number of benzene rings is 2. The second-order valence-corrected chi connectivity index (χ2v) is 8.15. The highest BCUT2D eigenvalue weighted by atomic mass is 32.2. The van der Waals surface area contributed by atoms with E-state index >= 15 is 0 Å². The quantitative estimate of drug-likeness (QED) is 0.468. The SMILES string of the molecule is O=S(=O)(Cc1cc(F)cc(F)c1)Nc1ccc(Oc2cc(-n3cccn3)ncn2)cc1. The molecule has 158 valence electrons. The first-order chi connectivity index (χ1) is 14.9. The molecule has 0 radical (unpaired) electrons. The maximum Gasteiger partial charge on any atom is 0.236 e. The van der Waals surface area contributed by atoms with Crippen molar-refractivity contribution < 1.29 is 21.9 Å². The molecule has 0 saturated carbocycles. The van der Waals surface area contributed by atoms with E-state index in [2.05, 4.69) is 19.8 Å². The van der Waals surface area contributed by atoms with E-state index in [0.29, 0.717) is 17.6 Å². The van der Waals surface area contributed by atoms with E-state index in [4.69, 9.17) is 4.74 Å². The molecule has 0 saturated heterocycles. The van der Waals surface area contributed by atoms with Crippen LogP contribution in [-0.2, 0) is 15.8 Å². The van der Waals surface area contributed by atoms with Crippen molar-refractivity contribution in [2.75, 3.05) is 4.72 Å². The summed E-state index contributed by atoms with van der Waals surface area (Å²) >= 11 is 0. The van der Waals surface area contributed by atoms with Gasteiger partial charge in [0, 0.05) is 30.2 Å². The third kappa shape index (κ3) is 5.39. The predicted molar refractivity (Wildman–Crippen MR) is 108 cm³/mol. The van der Waals surface area contributed by atoms with Gasteiger partial charge in [0.15, 0.2) is 5.82 Å². The molecule has 0 atom stereocenters. The summed E-state index contributed by atoms with van der Waals surface area (Å²) in [4.78, 5) is 8.15. The molecule has 4 aromatic rings. The third-order valence-corrected chi connectivity index (χ3v) is 5.26. The number of aromatic nitrogens is 4. The maximum absolute atomic E-state index is 13.3. The second-order valence-electron chi connectivity index (χ2n) is 6.43. The number of ether oxygens (including phenoxy) is 1. The van der Waals surface area contributed by atoms with Crippen LogP contribution in [0, 0.1) is 11.6 Å². The molecule has 0 bridgehead atoms. The van der Waals surface area contributed by atoms with Crippen molar-refractivity contribution in [2.45, 2.75) is 5.75 Å². The van der Waals surface area contributed by atoms with Crippen molar-refractivity contribution in [1.29, 1.82) is 0 Å². The van der Waals surface area contributed by atoms with Gasteiger partial charge < -0.3 is 4.74 Å². The van der Waals surface area contributed by atoms with Gasteiger partial charge in [-0.05, 0) is 48.0 Å². The minimum Gasteiger partial charge on any atom is -0.439 e. The fraction of sp³-hybridized carbons (Fsp3) is 0.0500. The number of nitrogens with one attached hydrogen (secondary N) is 1. The molecule has 0 unspecified atom stereocenters. The average Bonchev–Trinajstić information content (AvgIpc) is 3.23. The first-order valence-electron chi connectivity index (χ1n) is 8.92. The highest BCUT2D eigenvalue weighted by molar-refractivity contribution is 7.91. The molecular formula is C20H15F2N5O3S. The van der Waals surface area contributed by atoms with Crippen molar-refractivity contribution in [3.05, 3.63) is 90.5 Å². The molecule has 0 amide bonds. The minimum absolute atomic E-state index is 0.00158. The molecule has 2 aromatic carbocycles. The smallest absolute Gasteiger partial charge is 0.236 e. The van der Waals surface area contributed by atoms with Gasteiger partial charge in [-0.1, -0.05) is 0 Å². The van der Waals surface area contributed by atoms with Gasteiger partial charge in [0.25, 0.3) is 0 Å². The van der Waals surface area contributed by atoms with E-state index < -0.39 is 27.4 Å². The molecule has 4 rings (SSSR count). The fourth-order valence-electron chi connectivity index (χ4n) is 2.76. The zero-order valence-electron chi connectivity index (χ0n) is 15.8. The summed E-state index contributed by atoms with van der Waals surface area (Å²) in [6.07, 6.45) is 4.68. The molecule has 1 N–H and O–H groups in total. The number of nitrogens with zero attached hydrogens (tertiary/aromatic N) is 4. The molecule has 0 aliphatic carbocycles. The van der Waals surface area contributed by atoms with Crippen LogP contribution in [0.5, 0.6) is 11.6 Å². The fourth-order valence-corrected chi connectivity index (χ4v) is 3.93. The Balaban J connectivity index is 1.43. The Morgan fingerprint density at radius 1 is 1.00 bits per heavy atom. The van der Waals surface area contributed by atoms with E-state index in [-0.39, 0.29) is 17.1 Å². The molecular weight excluding hydrogens is 428 g/mol. The summed E-state index contributed by atoms with van der Waals surface area (Å²) in [6.45, 7) is 0. The highest BCUT2D eigenvalue weighted by Crippen LogP contribution is 2.23. The van der Waals surface area contributed by atoms with Crippen LogP contribution in [0.1, 0.15) is 5.56 Å². The van der Waals surface area contributed by atoms with Crippen molar-refractivity contribution in [3.63, 3.8) is 0 Å². The van der Waals surface area contributed by atoms with E-state index in [0.717, 1.165) is 12.1 Å². The Morgan fingerprint density at radius 3 is 2.42 bits per heavy atom. The number of halogens is 2. The Morgan fingerprint density at radius 2 is 1.74 bits per heavy atom. The lowest BCUT2D eigenvalue weighted by Crippen LogP contribution is -2.15. The lowest BCUT2D eigenvalue weighted by Gasteiger charge is -2.10. The molecule has 2 heterocycles. The monoisotopic (exact) mass is 443 g/mol. The van der Waals surface area contributed by atoms with E-state index in [1.165, 1.54) is 18.5 Å². The van der Waals surface area contributed by atoms with E-state index in [9.17, 15) is 17.2 Å². The van der Waals surface area contributed by atoms with Crippen molar-refractivity contribution in [2.24, 2.45) is 0 Å². The van der Waals surface area contributed by atoms with Crippen LogP contribution in [-0.4, -0.2) is 28.2 Å². The lowest BCUT2D eigenvalue weighted by molar-refractivity contribution is 0.460. The van der Waals surface area contributed by atoms with Gasteiger partial charge in [0.05, 0.1) is 5.75 Å². The molecule has 31 heavy (non-hydrogen) atoms. The van der Waals surface area contributed by atoms with Crippen LogP contribution in [0.25, 0.3) is 5.82 Å². The van der Waals surface area contributed by atoms with Gasteiger partial charge >= 0.3 is 0 Å². The number of hydrogen-bond donors (Lipinski definition) is 1. The maximum atomic E-state index is 13.3. The molecule has 11 heteroatoms. The van der Waals surface area contributed by atoms with Crippen molar-refractivity contribution >= 4 is 15.7 Å². The van der Waals surface area contributed by atoms with Gasteiger partial charge in [-0.25, -0.2) is 31.8 Å². The zero-order chi connectivity index (χ0) is 21.8. The second kappa shape index (κ2) is 8.48.